The molecule has 0 aliphatic heterocycles. The van der Waals surface area contributed by atoms with Crippen LogP contribution in [0.15, 0.2) is 0 Å². The summed E-state index contributed by atoms with van der Waals surface area (Å²) in [5.74, 6) is 0. The molecule has 0 atom stereocenters. The average molecular weight is 140 g/mol. The van der Waals surface area contributed by atoms with Crippen molar-refractivity contribution >= 4 is 57.7 Å². The second-order valence-corrected chi connectivity index (χ2v) is 1.66. The van der Waals surface area contributed by atoms with Crippen molar-refractivity contribution in [2.75, 3.05) is 0 Å². The zero-order valence-corrected chi connectivity index (χ0v) is 4.81. The van der Waals surface area contributed by atoms with Crippen LogP contribution < -0.4 is 0 Å². The molecule has 0 N–H and O–H groups in total. The van der Waals surface area contributed by atoms with Crippen LogP contribution in [0.1, 0.15) is 32.6 Å². The van der Waals surface area contributed by atoms with E-state index in [0.29, 0.717) is 0 Å². The van der Waals surface area contributed by atoms with E-state index in [0.717, 1.165) is 19.1 Å². The molecule has 0 saturated carbocycles. The molecule has 0 aromatic carbocycles. The number of hydrogen-bond acceptors (Lipinski definition) is 1. The first-order chi connectivity index (χ1) is 3.41. The first-order valence-electron chi connectivity index (χ1n) is 2.85. The number of carbonyl (C=O) groups is 1. The van der Waals surface area contributed by atoms with E-state index >= 15 is 0 Å². The first-order valence-corrected chi connectivity index (χ1v) is 2.85. The Morgan fingerprint density at radius 1 is 1.38 bits per heavy atom. The van der Waals surface area contributed by atoms with Crippen LogP contribution in [0.5, 0.6) is 0 Å². The van der Waals surface area contributed by atoms with Crippen molar-refractivity contribution in [2.45, 2.75) is 32.6 Å². The maximum absolute atomic E-state index is 9.68. The summed E-state index contributed by atoms with van der Waals surface area (Å²) < 4.78 is 0. The second-order valence-electron chi connectivity index (χ2n) is 1.66. The summed E-state index contributed by atoms with van der Waals surface area (Å²) in [6.45, 7) is 2.13. The van der Waals surface area contributed by atoms with Crippen molar-refractivity contribution in [3.63, 3.8) is 0 Å². The minimum atomic E-state index is 0. The fourth-order valence-corrected chi connectivity index (χ4v) is 0.478. The first kappa shape index (κ1) is 12.0. The van der Waals surface area contributed by atoms with Crippen molar-refractivity contribution in [3.05, 3.63) is 0 Å². The van der Waals surface area contributed by atoms with Crippen LogP contribution in [-0.2, 0) is 4.79 Å². The molecule has 44 valence electrons. The van der Waals surface area contributed by atoms with E-state index in [9.17, 15) is 4.79 Å². The Morgan fingerprint density at radius 2 is 2.00 bits per heavy atom. The van der Waals surface area contributed by atoms with Gasteiger partial charge in [0.25, 0.3) is 0 Å². The van der Waals surface area contributed by atoms with Crippen molar-refractivity contribution in [1.29, 1.82) is 0 Å². The maximum atomic E-state index is 9.68. The zero-order chi connectivity index (χ0) is 5.54. The van der Waals surface area contributed by atoms with Crippen molar-refractivity contribution in [1.82, 2.24) is 0 Å². The molecule has 0 aromatic heterocycles. The number of carbonyl (C=O) groups excluding carboxylic acids is 1. The van der Waals surface area contributed by atoms with E-state index in [1.165, 1.54) is 12.8 Å². The molecule has 8 heavy (non-hydrogen) atoms. The third-order valence-electron chi connectivity index (χ3n) is 0.926. The van der Waals surface area contributed by atoms with Gasteiger partial charge in [0.2, 0.25) is 0 Å². The summed E-state index contributed by atoms with van der Waals surface area (Å²) in [5, 5.41) is 0. The quantitative estimate of drug-likeness (QED) is 0.325. The van der Waals surface area contributed by atoms with Gasteiger partial charge in [0.15, 0.2) is 0 Å². The number of rotatable bonds is 4. The predicted molar refractivity (Wildman–Crippen MR) is 37.4 cm³/mol. The van der Waals surface area contributed by atoms with E-state index in [1.807, 2.05) is 0 Å². The average Bonchev–Trinajstić information content (AvgIpc) is 1.69. The van der Waals surface area contributed by atoms with Gasteiger partial charge in [-0.15, -0.1) is 0 Å². The van der Waals surface area contributed by atoms with Crippen LogP contribution in [0.2, 0.25) is 0 Å². The number of aldehydes is 1. The molecule has 0 saturated heterocycles. The molecule has 0 fully saturated rings. The monoisotopic (exact) mass is 140 g/mol. The Labute approximate surface area is 93.6 Å². The van der Waals surface area contributed by atoms with Gasteiger partial charge in [0.05, 0.1) is 0 Å². The second kappa shape index (κ2) is 11.1. The van der Waals surface area contributed by atoms with Crippen molar-refractivity contribution in [2.24, 2.45) is 0 Å². The van der Waals surface area contributed by atoms with Gasteiger partial charge >= 0.3 is 51.4 Å². The van der Waals surface area contributed by atoms with Crippen LogP contribution >= 0.6 is 0 Å². The summed E-state index contributed by atoms with van der Waals surface area (Å²) in [7, 11) is 0. The van der Waals surface area contributed by atoms with Gasteiger partial charge in [-0.1, -0.05) is 19.8 Å². The standard InChI is InChI=1S/C6H12O.K.H/c1-2-3-4-5-6-7;;/h6H,2-5H2,1H3;;. The van der Waals surface area contributed by atoms with Gasteiger partial charge in [-0.2, -0.15) is 0 Å². The van der Waals surface area contributed by atoms with Crippen LogP contribution in [0.25, 0.3) is 0 Å². The van der Waals surface area contributed by atoms with E-state index in [-0.39, 0.29) is 51.4 Å². The summed E-state index contributed by atoms with van der Waals surface area (Å²) >= 11 is 0. The number of unbranched alkanes of at least 4 members (excludes halogenated alkanes) is 3. The molecule has 0 radical (unpaired) electrons. The molecular weight excluding hydrogens is 127 g/mol. The third-order valence-corrected chi connectivity index (χ3v) is 0.926. The molecular formula is C6H13KO. The van der Waals surface area contributed by atoms with E-state index < -0.39 is 0 Å². The predicted octanol–water partition coefficient (Wildman–Crippen LogP) is 1.12. The van der Waals surface area contributed by atoms with Gasteiger partial charge in [-0.05, 0) is 6.42 Å². The van der Waals surface area contributed by atoms with Gasteiger partial charge in [-0.3, -0.25) is 0 Å². The van der Waals surface area contributed by atoms with Crippen LogP contribution in [0.3, 0.4) is 0 Å². The van der Waals surface area contributed by atoms with Crippen LogP contribution in [0, 0.1) is 0 Å². The molecule has 0 aliphatic rings. The summed E-state index contributed by atoms with van der Waals surface area (Å²) in [4.78, 5) is 9.68. The molecule has 2 heteroatoms. The van der Waals surface area contributed by atoms with Gasteiger partial charge in [0.1, 0.15) is 6.29 Å². The Balaban J connectivity index is 0. The molecule has 0 amide bonds. The van der Waals surface area contributed by atoms with E-state index in [2.05, 4.69) is 6.92 Å². The Kier molecular flexibility index (Phi) is 16.8. The fraction of sp³-hybridized carbons (Fsp3) is 0.833. The molecule has 1 nitrogen and oxygen atoms in total. The van der Waals surface area contributed by atoms with Gasteiger partial charge < -0.3 is 4.79 Å². The third kappa shape index (κ3) is 10.3. The van der Waals surface area contributed by atoms with Gasteiger partial charge in [0, 0.05) is 6.42 Å². The Hall–Kier alpha value is 1.31. The molecule has 0 unspecified atom stereocenters. The summed E-state index contributed by atoms with van der Waals surface area (Å²) in [5.41, 5.74) is 0. The topological polar surface area (TPSA) is 17.1 Å². The SMILES string of the molecule is CCCCCC=O.[KH]. The van der Waals surface area contributed by atoms with E-state index in [4.69, 9.17) is 0 Å². The van der Waals surface area contributed by atoms with Crippen molar-refractivity contribution in [3.8, 4) is 0 Å². The zero-order valence-electron chi connectivity index (χ0n) is 4.81. The fourth-order valence-electron chi connectivity index (χ4n) is 0.478. The number of hydrogen-bond donors (Lipinski definition) is 0. The van der Waals surface area contributed by atoms with Gasteiger partial charge in [-0.25, -0.2) is 0 Å². The molecule has 0 bridgehead atoms. The molecule has 0 aliphatic carbocycles. The molecule has 0 rings (SSSR count). The normalized spacial score (nSPS) is 7.62. The Bertz CT molecular complexity index is 45.8. The molecule has 0 aromatic rings. The Morgan fingerprint density at radius 3 is 2.38 bits per heavy atom. The summed E-state index contributed by atoms with van der Waals surface area (Å²) in [6, 6.07) is 0. The van der Waals surface area contributed by atoms with E-state index in [1.54, 1.807) is 0 Å². The van der Waals surface area contributed by atoms with Crippen LogP contribution in [-0.4, -0.2) is 57.7 Å². The molecule has 0 heterocycles. The van der Waals surface area contributed by atoms with Crippen molar-refractivity contribution < 1.29 is 4.79 Å². The summed E-state index contributed by atoms with van der Waals surface area (Å²) in [6.07, 6.45) is 5.19. The minimum absolute atomic E-state index is 0. The molecule has 0 spiro atoms. The van der Waals surface area contributed by atoms with Crippen LogP contribution in [0.4, 0.5) is 0 Å².